The Morgan fingerprint density at radius 2 is 1.74 bits per heavy atom. The van der Waals surface area contributed by atoms with Crippen molar-refractivity contribution in [2.24, 2.45) is 0 Å². The lowest BCUT2D eigenvalue weighted by molar-refractivity contribution is -0.139. The van der Waals surface area contributed by atoms with Gasteiger partial charge in [-0.05, 0) is 31.9 Å². The van der Waals surface area contributed by atoms with E-state index in [-0.39, 0.29) is 30.2 Å². The molecule has 0 bridgehead atoms. The predicted octanol–water partition coefficient (Wildman–Crippen LogP) is 1.57. The third-order valence-electron chi connectivity index (χ3n) is 7.02. The zero-order valence-corrected chi connectivity index (χ0v) is 20.4. The van der Waals surface area contributed by atoms with Crippen molar-refractivity contribution < 1.29 is 19.2 Å². The van der Waals surface area contributed by atoms with Crippen LogP contribution in [0.25, 0.3) is 0 Å². The summed E-state index contributed by atoms with van der Waals surface area (Å²) in [6.07, 6.45) is 0.216. The Balaban J connectivity index is 1.48. The summed E-state index contributed by atoms with van der Waals surface area (Å²) in [6, 6.07) is 5.30. The summed E-state index contributed by atoms with van der Waals surface area (Å²) >= 11 is 0. The van der Waals surface area contributed by atoms with Crippen LogP contribution in [-0.2, 0) is 14.4 Å². The summed E-state index contributed by atoms with van der Waals surface area (Å²) < 4.78 is 0. The lowest BCUT2D eigenvalue weighted by Crippen LogP contribution is -2.50. The number of aryl methyl sites for hydroxylation is 2. The van der Waals surface area contributed by atoms with Crippen LogP contribution in [0.15, 0.2) is 29.5 Å². The van der Waals surface area contributed by atoms with Gasteiger partial charge >= 0.3 is 6.03 Å². The Bertz CT molecular complexity index is 1060. The molecule has 1 aromatic carbocycles. The fourth-order valence-electron chi connectivity index (χ4n) is 5.11. The fraction of sp³-hybridized carbons (Fsp3) is 0.520. The standard InChI is InChI=1S/C25H33N5O4/c1-5-30-20-15-29(9-8-21(32)28-12-10-27(11-13-28)18(4)31)24(33)22(20)23(26-25(30)34)19-7-6-16(2)14-17(19)3/h6-7,14,23H,5,8-13,15H2,1-4H3,(H,26,34). The topological polar surface area (TPSA) is 93.3 Å². The molecule has 1 aromatic rings. The molecule has 0 radical (unpaired) electrons. The lowest BCUT2D eigenvalue weighted by Gasteiger charge is -2.34. The molecule has 1 saturated heterocycles. The molecule has 9 nitrogen and oxygen atoms in total. The zero-order valence-electron chi connectivity index (χ0n) is 20.4. The second kappa shape index (κ2) is 9.48. The molecule has 0 saturated carbocycles. The first-order valence-corrected chi connectivity index (χ1v) is 11.9. The van der Waals surface area contributed by atoms with E-state index >= 15 is 0 Å². The molecule has 3 aliphatic heterocycles. The van der Waals surface area contributed by atoms with E-state index < -0.39 is 6.04 Å². The van der Waals surface area contributed by atoms with Gasteiger partial charge in [0.15, 0.2) is 0 Å². The van der Waals surface area contributed by atoms with Crippen molar-refractivity contribution in [2.75, 3.05) is 45.8 Å². The monoisotopic (exact) mass is 467 g/mol. The van der Waals surface area contributed by atoms with Crippen LogP contribution in [0.2, 0.25) is 0 Å². The largest absolute Gasteiger partial charge is 0.339 e. The molecule has 4 rings (SSSR count). The number of nitrogens with zero attached hydrogens (tertiary/aromatic N) is 4. The Morgan fingerprint density at radius 3 is 2.35 bits per heavy atom. The van der Waals surface area contributed by atoms with Crippen LogP contribution in [-0.4, -0.2) is 89.2 Å². The molecule has 182 valence electrons. The maximum Gasteiger partial charge on any atom is 0.322 e. The maximum absolute atomic E-state index is 13.5. The zero-order chi connectivity index (χ0) is 24.6. The highest BCUT2D eigenvalue weighted by Crippen LogP contribution is 2.37. The van der Waals surface area contributed by atoms with E-state index in [0.717, 1.165) is 22.4 Å². The molecule has 0 spiro atoms. The van der Waals surface area contributed by atoms with E-state index in [1.807, 2.05) is 32.9 Å². The minimum absolute atomic E-state index is 0.0200. The first kappa shape index (κ1) is 23.8. The Morgan fingerprint density at radius 1 is 1.06 bits per heavy atom. The molecule has 9 heteroatoms. The Kier molecular flexibility index (Phi) is 6.63. The summed E-state index contributed by atoms with van der Waals surface area (Å²) in [7, 11) is 0. The molecule has 3 aliphatic rings. The number of nitrogens with one attached hydrogen (secondary N) is 1. The molecule has 34 heavy (non-hydrogen) atoms. The van der Waals surface area contributed by atoms with E-state index in [4.69, 9.17) is 0 Å². The number of benzene rings is 1. The quantitative estimate of drug-likeness (QED) is 0.711. The van der Waals surface area contributed by atoms with Crippen molar-refractivity contribution in [3.05, 3.63) is 46.2 Å². The third-order valence-corrected chi connectivity index (χ3v) is 7.02. The first-order chi connectivity index (χ1) is 16.2. The van der Waals surface area contributed by atoms with Crippen molar-refractivity contribution >= 4 is 23.8 Å². The molecular weight excluding hydrogens is 434 g/mol. The van der Waals surface area contributed by atoms with Gasteiger partial charge < -0.3 is 20.0 Å². The Hall–Kier alpha value is -3.36. The van der Waals surface area contributed by atoms with Gasteiger partial charge in [0.1, 0.15) is 0 Å². The van der Waals surface area contributed by atoms with Crippen molar-refractivity contribution in [2.45, 2.75) is 40.2 Å². The van der Waals surface area contributed by atoms with Crippen LogP contribution >= 0.6 is 0 Å². The van der Waals surface area contributed by atoms with Gasteiger partial charge in [0, 0.05) is 52.6 Å². The summed E-state index contributed by atoms with van der Waals surface area (Å²) in [5.74, 6) is -0.130. The average molecular weight is 468 g/mol. The van der Waals surface area contributed by atoms with Crippen molar-refractivity contribution in [3.8, 4) is 0 Å². The van der Waals surface area contributed by atoms with Gasteiger partial charge in [-0.3, -0.25) is 19.3 Å². The van der Waals surface area contributed by atoms with Crippen LogP contribution in [0.1, 0.15) is 43.0 Å². The van der Waals surface area contributed by atoms with Crippen LogP contribution in [0.3, 0.4) is 0 Å². The number of hydrogen-bond acceptors (Lipinski definition) is 4. The van der Waals surface area contributed by atoms with Crippen LogP contribution in [0.5, 0.6) is 0 Å². The number of carbonyl (C=O) groups excluding carboxylic acids is 4. The number of hydrogen-bond donors (Lipinski definition) is 1. The van der Waals surface area contributed by atoms with Crippen LogP contribution < -0.4 is 5.32 Å². The van der Waals surface area contributed by atoms with Crippen LogP contribution in [0, 0.1) is 13.8 Å². The Labute approximate surface area is 200 Å². The average Bonchev–Trinajstić information content (AvgIpc) is 3.13. The van der Waals surface area contributed by atoms with E-state index in [1.54, 1.807) is 19.6 Å². The van der Waals surface area contributed by atoms with Gasteiger partial charge in [0.25, 0.3) is 5.91 Å². The van der Waals surface area contributed by atoms with Crippen molar-refractivity contribution in [3.63, 3.8) is 0 Å². The summed E-state index contributed by atoms with van der Waals surface area (Å²) in [6.45, 7) is 10.6. The van der Waals surface area contributed by atoms with E-state index in [2.05, 4.69) is 11.4 Å². The fourth-order valence-corrected chi connectivity index (χ4v) is 5.11. The number of amides is 5. The maximum atomic E-state index is 13.5. The number of urea groups is 1. The molecule has 1 N–H and O–H groups in total. The number of likely N-dealkylation sites (N-methyl/N-ethyl adjacent to an activating group) is 1. The highest BCUT2D eigenvalue weighted by molar-refractivity contribution is 6.01. The predicted molar refractivity (Wildman–Crippen MR) is 127 cm³/mol. The summed E-state index contributed by atoms with van der Waals surface area (Å²) in [5.41, 5.74) is 4.37. The van der Waals surface area contributed by atoms with Gasteiger partial charge in [-0.1, -0.05) is 23.8 Å². The van der Waals surface area contributed by atoms with E-state index in [1.165, 1.54) is 6.92 Å². The number of carbonyl (C=O) groups is 4. The molecule has 0 aliphatic carbocycles. The molecule has 1 atom stereocenters. The van der Waals surface area contributed by atoms with E-state index in [9.17, 15) is 19.2 Å². The van der Waals surface area contributed by atoms with Crippen molar-refractivity contribution in [1.29, 1.82) is 0 Å². The second-order valence-electron chi connectivity index (χ2n) is 9.21. The van der Waals surface area contributed by atoms with Crippen molar-refractivity contribution in [1.82, 2.24) is 24.9 Å². The normalized spacial score (nSPS) is 20.6. The molecular formula is C25H33N5O4. The number of rotatable bonds is 5. The minimum Gasteiger partial charge on any atom is -0.339 e. The smallest absolute Gasteiger partial charge is 0.322 e. The highest BCUT2D eigenvalue weighted by atomic mass is 16.2. The third kappa shape index (κ3) is 4.38. The molecule has 5 amide bonds. The molecule has 0 aromatic heterocycles. The first-order valence-electron chi connectivity index (χ1n) is 11.9. The summed E-state index contributed by atoms with van der Waals surface area (Å²) in [4.78, 5) is 57.4. The number of piperazine rings is 1. The van der Waals surface area contributed by atoms with Gasteiger partial charge in [0.05, 0.1) is 23.9 Å². The van der Waals surface area contributed by atoms with Gasteiger partial charge in [-0.15, -0.1) is 0 Å². The molecule has 1 unspecified atom stereocenters. The van der Waals surface area contributed by atoms with E-state index in [0.29, 0.717) is 51.4 Å². The van der Waals surface area contributed by atoms with Gasteiger partial charge in [-0.2, -0.15) is 0 Å². The SMILES string of the molecule is CCN1C(=O)NC(c2ccc(C)cc2C)C2=C1CN(CCC(=O)N1CCN(C(C)=O)CC1)C2=O. The second-order valence-corrected chi connectivity index (χ2v) is 9.21. The molecule has 1 fully saturated rings. The molecule has 3 heterocycles. The van der Waals surface area contributed by atoms with Gasteiger partial charge in [0.2, 0.25) is 11.8 Å². The van der Waals surface area contributed by atoms with Gasteiger partial charge in [-0.25, -0.2) is 4.79 Å². The minimum atomic E-state index is -0.501. The highest BCUT2D eigenvalue weighted by Gasteiger charge is 2.44. The van der Waals surface area contributed by atoms with Crippen LogP contribution in [0.4, 0.5) is 4.79 Å². The lowest BCUT2D eigenvalue weighted by atomic mass is 9.91. The summed E-state index contributed by atoms with van der Waals surface area (Å²) in [5, 5.41) is 3.02.